The number of aliphatic hydroxyl groups is 2. The molecule has 16 amide bonds. The van der Waals surface area contributed by atoms with Crippen molar-refractivity contribution in [2.45, 2.75) is 185 Å². The molecule has 0 aliphatic rings. The Balaban J connectivity index is 1.85. The van der Waals surface area contributed by atoms with Crippen LogP contribution in [-0.4, -0.2) is 224 Å². The van der Waals surface area contributed by atoms with E-state index >= 15 is 0 Å². The zero-order chi connectivity index (χ0) is 79.7. The number of aliphatic hydroxyl groups excluding tert-OH is 2. The van der Waals surface area contributed by atoms with Crippen molar-refractivity contribution in [1.29, 1.82) is 0 Å². The Morgan fingerprint density at radius 1 is 0.406 bits per heavy atom. The standard InChI is InChI=1S/C67H99N19O20/c1-32(2)19-40(68)56(94)76-35(7)55(93)77-45(24-50(69)89)60(98)80-43(22-38-17-13-10-14-18-38)58(96)78-41(20-33(3)4)63(101)86-54(34(5)6)66(104)83-44(23-39-27-72-31-74-39)59(97)84-49(30-88)65(103)85-48(29-87)64(102)82-47(26-52(71)91)62(100)81-46(25-51(70)90)61(99)79-42(21-37-15-11-9-12-16-37)57(95)73-28-53(92)75-36(8)67(105)106/h9-18,27,31-36,40-49,54,87-88H,19-26,28-30,68H2,1-8H3,(H2,69,89)(H2,70,90)(H2,71,91)(H,72,74)(H,73,95)(H,75,92)(H,76,94)(H,77,93)(H,78,96)(H,79,99)(H,80,98)(H,81,100)(H,82,102)(H,83,104)(H,84,97)(H,85,103)(H,86,101)(H,105,106)/t35-,36-,40-,41-,42-,43-,44-,45-,46-,47-,48-,49-,54-/m0/s1. The highest BCUT2D eigenvalue weighted by Gasteiger charge is 2.38. The molecule has 25 N–H and O–H groups in total. The van der Waals surface area contributed by atoms with Gasteiger partial charge in [0.1, 0.15) is 72.5 Å². The molecule has 0 saturated heterocycles. The first kappa shape index (κ1) is 88.7. The van der Waals surface area contributed by atoms with Crippen molar-refractivity contribution in [1.82, 2.24) is 79.1 Å². The van der Waals surface area contributed by atoms with Crippen molar-refractivity contribution in [2.75, 3.05) is 19.8 Å². The van der Waals surface area contributed by atoms with Gasteiger partial charge in [-0.1, -0.05) is 102 Å². The van der Waals surface area contributed by atoms with E-state index < -0.39 is 230 Å². The first-order chi connectivity index (χ1) is 49.8. The molecule has 1 heterocycles. The van der Waals surface area contributed by atoms with Gasteiger partial charge in [-0.15, -0.1) is 0 Å². The lowest BCUT2D eigenvalue weighted by molar-refractivity contribution is -0.141. The number of carboxylic acid groups (broad SMARTS) is 1. The number of aromatic nitrogens is 2. The number of aromatic amines is 1. The summed E-state index contributed by atoms with van der Waals surface area (Å²) in [6, 6.07) is -4.67. The predicted molar refractivity (Wildman–Crippen MR) is 375 cm³/mol. The average molecular weight is 1490 g/mol. The fourth-order valence-electron chi connectivity index (χ4n) is 10.2. The summed E-state index contributed by atoms with van der Waals surface area (Å²) >= 11 is 0. The van der Waals surface area contributed by atoms with Crippen molar-refractivity contribution < 1.29 is 96.8 Å². The van der Waals surface area contributed by atoms with Gasteiger partial charge in [-0.25, -0.2) is 4.98 Å². The van der Waals surface area contributed by atoms with E-state index in [-0.39, 0.29) is 36.8 Å². The molecule has 0 spiro atoms. The molecule has 39 nitrogen and oxygen atoms in total. The van der Waals surface area contributed by atoms with E-state index in [4.69, 9.17) is 28.0 Å². The zero-order valence-electron chi connectivity index (χ0n) is 60.0. The topological polar surface area (TPSA) is 640 Å². The van der Waals surface area contributed by atoms with Crippen LogP contribution in [0.2, 0.25) is 0 Å². The van der Waals surface area contributed by atoms with Crippen LogP contribution < -0.4 is 92.1 Å². The smallest absolute Gasteiger partial charge is 0.325 e. The molecule has 39 heteroatoms. The number of carbonyl (C=O) groups is 17. The SMILES string of the molecule is CC(C)C[C@H](NC(=O)[C@H](Cc1ccccc1)NC(=O)[C@H](CC(N)=O)NC(=O)[C@H](C)NC(=O)[C@@H](N)CC(C)C)C(=O)N[C@H](C(=O)N[C@@H](Cc1cnc[nH]1)C(=O)N[C@@H](CO)C(=O)N[C@@H](CO)C(=O)N[C@@H](CC(N)=O)C(=O)N[C@@H](CC(N)=O)C(=O)N[C@@H](Cc1ccccc1)C(=O)NCC(=O)N[C@@H](C)C(=O)O)C(C)C. The van der Waals surface area contributed by atoms with Crippen molar-refractivity contribution >= 4 is 100 Å². The van der Waals surface area contributed by atoms with Crippen LogP contribution in [0.3, 0.4) is 0 Å². The number of aliphatic carboxylic acids is 1. The number of imidazole rings is 1. The number of H-pyrrole nitrogens is 1. The largest absolute Gasteiger partial charge is 0.480 e. The summed E-state index contributed by atoms with van der Waals surface area (Å²) in [6.07, 6.45) is -0.835. The highest BCUT2D eigenvalue weighted by Crippen LogP contribution is 2.14. The number of amides is 16. The van der Waals surface area contributed by atoms with Crippen LogP contribution >= 0.6 is 0 Å². The fourth-order valence-corrected chi connectivity index (χ4v) is 10.2. The number of hydrogen-bond donors (Lipinski definition) is 21. The summed E-state index contributed by atoms with van der Waals surface area (Å²) in [7, 11) is 0. The third-order valence-corrected chi connectivity index (χ3v) is 15.8. The second-order valence-corrected chi connectivity index (χ2v) is 26.3. The minimum atomic E-state index is -2.07. The minimum absolute atomic E-state index is 0.0450. The van der Waals surface area contributed by atoms with E-state index in [2.05, 4.69) is 79.1 Å². The van der Waals surface area contributed by atoms with Gasteiger partial charge in [0.25, 0.3) is 0 Å². The highest BCUT2D eigenvalue weighted by atomic mass is 16.4. The van der Waals surface area contributed by atoms with Gasteiger partial charge in [0.2, 0.25) is 94.5 Å². The molecule has 3 aromatic rings. The van der Waals surface area contributed by atoms with Crippen molar-refractivity contribution in [3.63, 3.8) is 0 Å². The van der Waals surface area contributed by atoms with Gasteiger partial charge >= 0.3 is 5.97 Å². The Kier molecular flexibility index (Phi) is 37.0. The maximum Gasteiger partial charge on any atom is 0.325 e. The number of nitrogens with zero attached hydrogens (tertiary/aromatic N) is 1. The summed E-state index contributed by atoms with van der Waals surface area (Å²) in [5.74, 6) is -19.8. The van der Waals surface area contributed by atoms with Gasteiger partial charge in [0.05, 0.1) is 51.4 Å². The molecule has 0 aliphatic heterocycles. The minimum Gasteiger partial charge on any atom is -0.480 e. The number of hydrogen-bond acceptors (Lipinski definition) is 21. The van der Waals surface area contributed by atoms with E-state index in [1.807, 2.05) is 13.8 Å². The Bertz CT molecular complexity index is 3550. The first-order valence-electron chi connectivity index (χ1n) is 33.8. The second-order valence-electron chi connectivity index (χ2n) is 26.3. The lowest BCUT2D eigenvalue weighted by Crippen LogP contribution is -2.62. The molecule has 0 radical (unpaired) electrons. The molecule has 0 fully saturated rings. The van der Waals surface area contributed by atoms with Crippen LogP contribution in [0.25, 0.3) is 0 Å². The third kappa shape index (κ3) is 31.6. The quantitative estimate of drug-likeness (QED) is 0.0250. The second kappa shape index (κ2) is 44.2. The van der Waals surface area contributed by atoms with Gasteiger partial charge in [-0.3, -0.25) is 81.5 Å². The number of nitrogens with two attached hydrogens (primary N) is 4. The number of nitrogens with one attached hydrogen (secondary N) is 14. The fraction of sp³-hybridized carbons (Fsp3) is 0.522. The van der Waals surface area contributed by atoms with Crippen molar-refractivity contribution in [3.8, 4) is 0 Å². The molecule has 2 aromatic carbocycles. The maximum absolute atomic E-state index is 14.5. The molecule has 1 aromatic heterocycles. The van der Waals surface area contributed by atoms with Crippen molar-refractivity contribution in [2.24, 2.45) is 40.7 Å². The first-order valence-corrected chi connectivity index (χ1v) is 33.8. The summed E-state index contributed by atoms with van der Waals surface area (Å²) in [6.45, 7) is 9.46. The summed E-state index contributed by atoms with van der Waals surface area (Å²) < 4.78 is 0. The van der Waals surface area contributed by atoms with Gasteiger partial charge in [-0.05, 0) is 55.6 Å². The highest BCUT2D eigenvalue weighted by molar-refractivity contribution is 6.02. The number of carboxylic acids is 1. The summed E-state index contributed by atoms with van der Waals surface area (Å²) in [5.41, 5.74) is 23.5. The van der Waals surface area contributed by atoms with Gasteiger partial charge in [0.15, 0.2) is 0 Å². The maximum atomic E-state index is 14.5. The molecular weight excluding hydrogens is 1390 g/mol. The van der Waals surface area contributed by atoms with Crippen LogP contribution in [-0.2, 0) is 101 Å². The van der Waals surface area contributed by atoms with Gasteiger partial charge in [0, 0.05) is 31.2 Å². The lowest BCUT2D eigenvalue weighted by atomic mass is 9.98. The monoisotopic (exact) mass is 1490 g/mol. The van der Waals surface area contributed by atoms with E-state index in [0.29, 0.717) is 17.5 Å². The van der Waals surface area contributed by atoms with E-state index in [9.17, 15) is 91.7 Å². The summed E-state index contributed by atoms with van der Waals surface area (Å²) in [4.78, 5) is 234. The molecule has 3 rings (SSSR count). The van der Waals surface area contributed by atoms with E-state index in [1.54, 1.807) is 74.5 Å². The molecule has 106 heavy (non-hydrogen) atoms. The Hall–Kier alpha value is -11.5. The van der Waals surface area contributed by atoms with Gasteiger partial charge < -0.3 is 112 Å². The number of benzene rings is 2. The van der Waals surface area contributed by atoms with E-state index in [1.165, 1.54) is 40.2 Å². The molecular formula is C67H99N19O20. The van der Waals surface area contributed by atoms with Crippen LogP contribution in [0, 0.1) is 17.8 Å². The zero-order valence-corrected chi connectivity index (χ0v) is 60.0. The summed E-state index contributed by atoms with van der Waals surface area (Å²) in [5, 5.41) is 60.5. The van der Waals surface area contributed by atoms with Crippen LogP contribution in [0.4, 0.5) is 0 Å². The molecule has 0 saturated carbocycles. The van der Waals surface area contributed by atoms with Gasteiger partial charge in [-0.2, -0.15) is 0 Å². The Labute approximate surface area is 610 Å². The molecule has 0 aliphatic carbocycles. The lowest BCUT2D eigenvalue weighted by Gasteiger charge is -2.29. The molecule has 13 atom stereocenters. The molecule has 582 valence electrons. The van der Waals surface area contributed by atoms with Crippen LogP contribution in [0.15, 0.2) is 73.2 Å². The third-order valence-electron chi connectivity index (χ3n) is 15.8. The average Bonchev–Trinajstić information content (AvgIpc) is 1.65. The van der Waals surface area contributed by atoms with Crippen LogP contribution in [0.1, 0.15) is 104 Å². The van der Waals surface area contributed by atoms with E-state index in [0.717, 1.165) is 0 Å². The van der Waals surface area contributed by atoms with Crippen molar-refractivity contribution in [3.05, 3.63) is 90.0 Å². The Morgan fingerprint density at radius 2 is 0.774 bits per heavy atom. The normalized spacial score (nSPS) is 14.8. The van der Waals surface area contributed by atoms with Crippen LogP contribution in [0.5, 0.6) is 0 Å². The molecule has 0 unspecified atom stereocenters. The number of primary amides is 3. The number of carbonyl (C=O) groups excluding carboxylic acids is 16. The molecule has 0 bridgehead atoms. The number of rotatable bonds is 46. The predicted octanol–water partition coefficient (Wildman–Crippen LogP) is -7.82. The Morgan fingerprint density at radius 3 is 1.17 bits per heavy atom.